The molecule has 2 aromatic heterocycles. The molecule has 0 saturated heterocycles. The van der Waals surface area contributed by atoms with Crippen LogP contribution >= 0.6 is 0 Å². The number of nitrogens with one attached hydrogen (secondary N) is 2. The van der Waals surface area contributed by atoms with Gasteiger partial charge in [0.15, 0.2) is 0 Å². The van der Waals surface area contributed by atoms with E-state index in [4.69, 9.17) is 0 Å². The molecule has 0 spiro atoms. The van der Waals surface area contributed by atoms with E-state index >= 15 is 0 Å². The molecule has 0 aliphatic rings. The van der Waals surface area contributed by atoms with Gasteiger partial charge < -0.3 is 4.98 Å². The molecule has 0 unspecified atom stereocenters. The third kappa shape index (κ3) is 1.33. The lowest BCUT2D eigenvalue weighted by atomic mass is 10.2. The Labute approximate surface area is 73.0 Å². The first-order valence-electron chi connectivity index (χ1n) is 3.71. The van der Waals surface area contributed by atoms with Gasteiger partial charge in [0.05, 0.1) is 5.56 Å². The summed E-state index contributed by atoms with van der Waals surface area (Å²) in [6.45, 7) is 1.81. The van der Waals surface area contributed by atoms with Gasteiger partial charge in [0.25, 0.3) is 5.56 Å². The molecule has 2 N–H and O–H groups in total. The number of aromatic amines is 2. The average molecular weight is 177 g/mol. The number of nitrogens with zero attached hydrogens (tertiary/aromatic N) is 3. The summed E-state index contributed by atoms with van der Waals surface area (Å²) in [5.74, 6) is 0.307. The Hall–Kier alpha value is -1.98. The second kappa shape index (κ2) is 2.81. The fourth-order valence-electron chi connectivity index (χ4n) is 1.02. The molecule has 6 nitrogen and oxygen atoms in total. The third-order valence-corrected chi connectivity index (χ3v) is 1.64. The topological polar surface area (TPSA) is 87.3 Å². The third-order valence-electron chi connectivity index (χ3n) is 1.64. The molecule has 2 heterocycles. The summed E-state index contributed by atoms with van der Waals surface area (Å²) >= 11 is 0. The summed E-state index contributed by atoms with van der Waals surface area (Å²) in [4.78, 5) is 14.0. The molecule has 13 heavy (non-hydrogen) atoms. The van der Waals surface area contributed by atoms with Gasteiger partial charge in [-0.3, -0.25) is 4.79 Å². The van der Waals surface area contributed by atoms with Crippen LogP contribution in [0.4, 0.5) is 0 Å². The smallest absolute Gasteiger partial charge is 0.259 e. The molecule has 0 aliphatic heterocycles. The lowest BCUT2D eigenvalue weighted by Crippen LogP contribution is -2.10. The van der Waals surface area contributed by atoms with E-state index in [0.717, 1.165) is 5.69 Å². The van der Waals surface area contributed by atoms with Crippen molar-refractivity contribution in [3.8, 4) is 11.4 Å². The molecule has 0 radical (unpaired) electrons. The predicted molar refractivity (Wildman–Crippen MR) is 45.0 cm³/mol. The van der Waals surface area contributed by atoms with Gasteiger partial charge in [0.2, 0.25) is 5.82 Å². The molecule has 0 fully saturated rings. The Morgan fingerprint density at radius 3 is 2.85 bits per heavy atom. The first kappa shape index (κ1) is 7.66. The molecular formula is C7H7N5O. The van der Waals surface area contributed by atoms with Crippen LogP contribution < -0.4 is 5.56 Å². The predicted octanol–water partition coefficient (Wildman–Crippen LogP) is -0.137. The van der Waals surface area contributed by atoms with Crippen molar-refractivity contribution in [2.75, 3.05) is 0 Å². The number of H-pyrrole nitrogens is 2. The van der Waals surface area contributed by atoms with E-state index in [1.165, 1.54) is 0 Å². The van der Waals surface area contributed by atoms with Crippen molar-refractivity contribution in [3.63, 3.8) is 0 Å². The minimum absolute atomic E-state index is 0.207. The maximum absolute atomic E-state index is 11.4. The number of rotatable bonds is 1. The van der Waals surface area contributed by atoms with Crippen LogP contribution in [0.3, 0.4) is 0 Å². The van der Waals surface area contributed by atoms with Crippen LogP contribution in [0.1, 0.15) is 5.69 Å². The second-order valence-corrected chi connectivity index (χ2v) is 2.62. The molecule has 0 aliphatic carbocycles. The summed E-state index contributed by atoms with van der Waals surface area (Å²) in [5, 5.41) is 13.1. The fourth-order valence-corrected chi connectivity index (χ4v) is 1.02. The first-order valence-corrected chi connectivity index (χ1v) is 3.71. The maximum Gasteiger partial charge on any atom is 0.259 e. The number of pyridine rings is 1. The van der Waals surface area contributed by atoms with Gasteiger partial charge >= 0.3 is 0 Å². The van der Waals surface area contributed by atoms with E-state index in [-0.39, 0.29) is 5.56 Å². The van der Waals surface area contributed by atoms with E-state index in [0.29, 0.717) is 11.4 Å². The molecule has 2 rings (SSSR count). The monoisotopic (exact) mass is 177 g/mol. The summed E-state index contributed by atoms with van der Waals surface area (Å²) in [7, 11) is 0. The SMILES string of the molecule is Cc1ccc(-c2nn[nH]n2)c(=O)[nH]1. The molecule has 6 heteroatoms. The number of aryl methyl sites for hydroxylation is 1. The van der Waals surface area contributed by atoms with Crippen molar-refractivity contribution in [3.05, 3.63) is 28.2 Å². The van der Waals surface area contributed by atoms with E-state index < -0.39 is 0 Å². The molecule has 0 aromatic carbocycles. The first-order chi connectivity index (χ1) is 6.27. The van der Waals surface area contributed by atoms with Crippen LogP contribution in [0, 0.1) is 6.92 Å². The van der Waals surface area contributed by atoms with Gasteiger partial charge in [0, 0.05) is 5.69 Å². The largest absolute Gasteiger partial charge is 0.326 e. The number of hydrogen-bond acceptors (Lipinski definition) is 4. The zero-order chi connectivity index (χ0) is 9.26. The highest BCUT2D eigenvalue weighted by atomic mass is 16.1. The summed E-state index contributed by atoms with van der Waals surface area (Å²) in [6, 6.07) is 3.45. The maximum atomic E-state index is 11.4. The zero-order valence-electron chi connectivity index (χ0n) is 6.90. The quantitative estimate of drug-likeness (QED) is 0.634. The minimum Gasteiger partial charge on any atom is -0.326 e. The highest BCUT2D eigenvalue weighted by Crippen LogP contribution is 2.05. The van der Waals surface area contributed by atoms with Crippen molar-refractivity contribution in [2.45, 2.75) is 6.92 Å². The van der Waals surface area contributed by atoms with Crippen molar-refractivity contribution in [1.29, 1.82) is 0 Å². The standard InChI is InChI=1S/C7H7N5O/c1-4-2-3-5(7(13)8-4)6-9-11-12-10-6/h2-3H,1H3,(H,8,13)(H,9,10,11,12). The van der Waals surface area contributed by atoms with Crippen molar-refractivity contribution >= 4 is 0 Å². The van der Waals surface area contributed by atoms with Crippen LogP contribution in [0.5, 0.6) is 0 Å². The second-order valence-electron chi connectivity index (χ2n) is 2.62. The highest BCUT2D eigenvalue weighted by molar-refractivity contribution is 5.51. The lowest BCUT2D eigenvalue weighted by molar-refractivity contribution is 0.881. The molecule has 2 aromatic rings. The van der Waals surface area contributed by atoms with Gasteiger partial charge in [-0.1, -0.05) is 0 Å². The van der Waals surface area contributed by atoms with Crippen molar-refractivity contribution < 1.29 is 0 Å². The van der Waals surface area contributed by atoms with Crippen LogP contribution in [-0.2, 0) is 0 Å². The summed E-state index contributed by atoms with van der Waals surface area (Å²) in [6.07, 6.45) is 0. The van der Waals surface area contributed by atoms with Gasteiger partial charge in [-0.15, -0.1) is 10.2 Å². The molecule has 66 valence electrons. The minimum atomic E-state index is -0.207. The van der Waals surface area contributed by atoms with E-state index in [9.17, 15) is 4.79 Å². The molecular weight excluding hydrogens is 170 g/mol. The Balaban J connectivity index is 2.60. The lowest BCUT2D eigenvalue weighted by Gasteiger charge is -1.94. The summed E-state index contributed by atoms with van der Waals surface area (Å²) in [5.41, 5.74) is 1.01. The van der Waals surface area contributed by atoms with Crippen LogP contribution in [0.15, 0.2) is 16.9 Å². The Bertz CT molecular complexity index is 458. The molecule has 0 saturated carbocycles. The van der Waals surface area contributed by atoms with Crippen molar-refractivity contribution in [1.82, 2.24) is 25.6 Å². The van der Waals surface area contributed by atoms with E-state index in [2.05, 4.69) is 25.6 Å². The van der Waals surface area contributed by atoms with Gasteiger partial charge in [-0.2, -0.15) is 5.21 Å². The van der Waals surface area contributed by atoms with Crippen molar-refractivity contribution in [2.24, 2.45) is 0 Å². The number of tetrazole rings is 1. The number of aromatic nitrogens is 5. The molecule has 0 bridgehead atoms. The number of hydrogen-bond donors (Lipinski definition) is 2. The summed E-state index contributed by atoms with van der Waals surface area (Å²) < 4.78 is 0. The van der Waals surface area contributed by atoms with Gasteiger partial charge in [-0.05, 0) is 24.3 Å². The Kier molecular flexibility index (Phi) is 1.66. The van der Waals surface area contributed by atoms with Gasteiger partial charge in [-0.25, -0.2) is 0 Å². The molecule has 0 amide bonds. The molecule has 0 atom stereocenters. The van der Waals surface area contributed by atoms with E-state index in [1.807, 2.05) is 0 Å². The van der Waals surface area contributed by atoms with E-state index in [1.54, 1.807) is 19.1 Å². The Morgan fingerprint density at radius 2 is 2.23 bits per heavy atom. The van der Waals surface area contributed by atoms with Crippen LogP contribution in [0.2, 0.25) is 0 Å². The highest BCUT2D eigenvalue weighted by Gasteiger charge is 2.06. The average Bonchev–Trinajstić information content (AvgIpc) is 2.56. The fraction of sp³-hybridized carbons (Fsp3) is 0.143. The van der Waals surface area contributed by atoms with Gasteiger partial charge in [0.1, 0.15) is 0 Å². The Morgan fingerprint density at radius 1 is 1.38 bits per heavy atom. The van der Waals surface area contributed by atoms with Crippen LogP contribution in [-0.4, -0.2) is 25.6 Å². The zero-order valence-corrected chi connectivity index (χ0v) is 6.90. The van der Waals surface area contributed by atoms with Crippen LogP contribution in [0.25, 0.3) is 11.4 Å². The normalized spacial score (nSPS) is 10.2.